The highest BCUT2D eigenvalue weighted by atomic mass is 16.3. The normalized spacial score (nSPS) is 14.6. The van der Waals surface area contributed by atoms with Gasteiger partial charge in [0, 0.05) is 25.9 Å². The van der Waals surface area contributed by atoms with Gasteiger partial charge in [0.2, 0.25) is 29.5 Å². The molecule has 66 heavy (non-hydrogen) atoms. The van der Waals surface area contributed by atoms with Crippen LogP contribution in [0.5, 0.6) is 11.5 Å². The van der Waals surface area contributed by atoms with Gasteiger partial charge in [-0.1, -0.05) is 51.0 Å². The Hall–Kier alpha value is -6.52. The number of aliphatic hydroxyl groups excluding tert-OH is 1. The van der Waals surface area contributed by atoms with Crippen molar-refractivity contribution in [1.29, 1.82) is 0 Å². The van der Waals surface area contributed by atoms with Gasteiger partial charge in [0.25, 0.3) is 0 Å². The summed E-state index contributed by atoms with van der Waals surface area (Å²) in [6.07, 6.45) is 0.720. The standard InChI is InChI=1S/C44H71N13O9/c1-4-25(2)36(42(66)53-32(10-5-6-20-45)37(61)26(3)58)57-39(63)33(11-8-22-52-44(49)50)54-40(64)35(24-28-14-18-30(60)19-15-28)56-41(65)34(23-27-12-16-29(59)17-13-27)55-38(62)31(46)9-7-21-51-43(47)48/h12-19,25,31-37,59-61H,4-11,20-24,45-46H2,1-3H3,(H,53,66)(H,54,64)(H,55,62)(H,56,65)(H,57,63)(H4,47,48,51)(H4,49,50,52)/t25-,31-,32-,33-,34-,35-,36-,37?/m0/s1. The van der Waals surface area contributed by atoms with E-state index in [1.54, 1.807) is 31.2 Å². The maximum Gasteiger partial charge on any atom is 0.243 e. The van der Waals surface area contributed by atoms with Crippen molar-refractivity contribution in [3.05, 3.63) is 59.7 Å². The van der Waals surface area contributed by atoms with Crippen molar-refractivity contribution in [1.82, 2.24) is 26.6 Å². The summed E-state index contributed by atoms with van der Waals surface area (Å²) in [6.45, 7) is 5.41. The molecule has 2 aromatic rings. The molecule has 20 N–H and O–H groups in total. The third kappa shape index (κ3) is 20.5. The third-order valence-electron chi connectivity index (χ3n) is 10.8. The van der Waals surface area contributed by atoms with E-state index in [0.29, 0.717) is 43.4 Å². The van der Waals surface area contributed by atoms with Crippen LogP contribution in [0.15, 0.2) is 58.5 Å². The number of Topliss-reactive ketones (excluding diaryl/α,β-unsaturated/α-hetero) is 1. The number of unbranched alkanes of at least 4 members (excludes halogenated alkanes) is 1. The van der Waals surface area contributed by atoms with Crippen LogP contribution in [0.2, 0.25) is 0 Å². The summed E-state index contributed by atoms with van der Waals surface area (Å²) in [4.78, 5) is 90.2. The van der Waals surface area contributed by atoms with E-state index in [1.165, 1.54) is 31.2 Å². The lowest BCUT2D eigenvalue weighted by atomic mass is 9.95. The molecule has 0 heterocycles. The van der Waals surface area contributed by atoms with E-state index >= 15 is 0 Å². The molecule has 8 atom stereocenters. The number of rotatable bonds is 30. The second kappa shape index (κ2) is 29.1. The van der Waals surface area contributed by atoms with Crippen molar-refractivity contribution >= 4 is 47.2 Å². The molecule has 0 spiro atoms. The summed E-state index contributed by atoms with van der Waals surface area (Å²) in [5.41, 5.74) is 34.7. The maximum atomic E-state index is 14.4. The fourth-order valence-corrected chi connectivity index (χ4v) is 6.73. The van der Waals surface area contributed by atoms with Crippen LogP contribution in [0.3, 0.4) is 0 Å². The van der Waals surface area contributed by atoms with Gasteiger partial charge in [0.05, 0.1) is 12.1 Å². The number of carbonyl (C=O) groups is 6. The van der Waals surface area contributed by atoms with E-state index in [-0.39, 0.29) is 75.0 Å². The number of aliphatic imine (C=N–C) groups is 2. The van der Waals surface area contributed by atoms with E-state index in [0.717, 1.165) is 0 Å². The lowest BCUT2D eigenvalue weighted by Crippen LogP contribution is -2.61. The largest absolute Gasteiger partial charge is 0.508 e. The smallest absolute Gasteiger partial charge is 0.243 e. The molecule has 0 aliphatic rings. The Balaban J connectivity index is 2.52. The van der Waals surface area contributed by atoms with Crippen LogP contribution in [0.1, 0.15) is 83.3 Å². The lowest BCUT2D eigenvalue weighted by molar-refractivity contribution is -0.135. The second-order valence-corrected chi connectivity index (χ2v) is 16.3. The lowest BCUT2D eigenvalue weighted by Gasteiger charge is -2.30. The molecular formula is C44H71N13O9. The Kier molecular flexibility index (Phi) is 24.5. The molecule has 0 radical (unpaired) electrons. The Bertz CT molecular complexity index is 1920. The first-order valence-corrected chi connectivity index (χ1v) is 22.1. The number of nitrogens with zero attached hydrogens (tertiary/aromatic N) is 2. The summed E-state index contributed by atoms with van der Waals surface area (Å²) >= 11 is 0. The SMILES string of the molecule is CC[C@H](C)[C@H](NC(=O)[C@H](CCCN=C(N)N)NC(=O)[C@H](Cc1ccc(O)cc1)NC(=O)[C@H](Cc1ccc(O)cc1)NC(=O)[C@@H](N)CCCN=C(N)N)C(=O)N[C@@H](CCCCN)C(O)C(C)=O. The Labute approximate surface area is 385 Å². The Morgan fingerprint density at radius 3 is 1.52 bits per heavy atom. The zero-order chi connectivity index (χ0) is 49.3. The van der Waals surface area contributed by atoms with Gasteiger partial charge in [-0.15, -0.1) is 0 Å². The number of nitrogens with two attached hydrogens (primary N) is 6. The topological polar surface area (TPSA) is 404 Å². The number of phenolic OH excluding ortho intramolecular Hbond substituents is 2. The summed E-state index contributed by atoms with van der Waals surface area (Å²) < 4.78 is 0. The molecule has 0 fully saturated rings. The van der Waals surface area contributed by atoms with Crippen LogP contribution >= 0.6 is 0 Å². The quantitative estimate of drug-likeness (QED) is 0.0226. The number of phenols is 2. The van der Waals surface area contributed by atoms with Crippen LogP contribution in [0.4, 0.5) is 0 Å². The molecule has 366 valence electrons. The molecule has 0 aliphatic heterocycles. The van der Waals surface area contributed by atoms with Crippen LogP contribution in [-0.2, 0) is 41.6 Å². The van der Waals surface area contributed by atoms with Crippen molar-refractivity contribution in [2.75, 3.05) is 19.6 Å². The van der Waals surface area contributed by atoms with Gasteiger partial charge in [-0.2, -0.15) is 0 Å². The summed E-state index contributed by atoms with van der Waals surface area (Å²) in [5.74, 6) is -5.11. The van der Waals surface area contributed by atoms with Gasteiger partial charge in [0.1, 0.15) is 41.8 Å². The van der Waals surface area contributed by atoms with Crippen molar-refractivity contribution in [2.24, 2.45) is 50.3 Å². The molecule has 22 nitrogen and oxygen atoms in total. The van der Waals surface area contributed by atoms with Gasteiger partial charge in [-0.25, -0.2) is 0 Å². The number of aliphatic hydroxyl groups is 1. The van der Waals surface area contributed by atoms with Crippen LogP contribution < -0.4 is 61.0 Å². The van der Waals surface area contributed by atoms with Gasteiger partial charge in [-0.3, -0.25) is 38.8 Å². The highest BCUT2D eigenvalue weighted by molar-refractivity contribution is 5.96. The van der Waals surface area contributed by atoms with Crippen molar-refractivity contribution in [3.63, 3.8) is 0 Å². The number of carbonyl (C=O) groups excluding carboxylic acids is 6. The zero-order valence-corrected chi connectivity index (χ0v) is 38.1. The second-order valence-electron chi connectivity index (χ2n) is 16.3. The Morgan fingerprint density at radius 1 is 0.606 bits per heavy atom. The first-order chi connectivity index (χ1) is 31.2. The van der Waals surface area contributed by atoms with Gasteiger partial charge in [0.15, 0.2) is 17.7 Å². The van der Waals surface area contributed by atoms with Gasteiger partial charge < -0.3 is 76.3 Å². The van der Waals surface area contributed by atoms with E-state index in [1.807, 2.05) is 6.92 Å². The minimum absolute atomic E-state index is 0.0282. The number of hydrogen-bond donors (Lipinski definition) is 14. The van der Waals surface area contributed by atoms with E-state index < -0.39 is 83.6 Å². The van der Waals surface area contributed by atoms with Crippen molar-refractivity contribution < 1.29 is 44.1 Å². The predicted molar refractivity (Wildman–Crippen MR) is 250 cm³/mol. The summed E-state index contributed by atoms with van der Waals surface area (Å²) in [5, 5.41) is 44.1. The molecule has 22 heteroatoms. The molecule has 5 amide bonds. The number of hydrogen-bond acceptors (Lipinski definition) is 13. The van der Waals surface area contributed by atoms with E-state index in [4.69, 9.17) is 34.4 Å². The molecular weight excluding hydrogens is 855 g/mol. The Morgan fingerprint density at radius 2 is 1.06 bits per heavy atom. The highest BCUT2D eigenvalue weighted by Crippen LogP contribution is 2.16. The molecule has 0 aliphatic carbocycles. The summed E-state index contributed by atoms with van der Waals surface area (Å²) in [6, 6.07) is 4.61. The van der Waals surface area contributed by atoms with Crippen LogP contribution in [0.25, 0.3) is 0 Å². The van der Waals surface area contributed by atoms with Crippen LogP contribution in [-0.4, -0.2) is 125 Å². The number of amides is 5. The fourth-order valence-electron chi connectivity index (χ4n) is 6.73. The van der Waals surface area contributed by atoms with Gasteiger partial charge >= 0.3 is 0 Å². The number of guanidine groups is 2. The predicted octanol–water partition coefficient (Wildman–Crippen LogP) is -2.13. The number of benzene rings is 2. The number of aromatic hydroxyl groups is 2. The molecule has 2 rings (SSSR count). The van der Waals surface area contributed by atoms with Crippen LogP contribution in [0, 0.1) is 5.92 Å². The minimum atomic E-state index is -1.50. The average Bonchev–Trinajstić information content (AvgIpc) is 3.27. The average molecular weight is 926 g/mol. The molecule has 0 saturated heterocycles. The molecule has 2 aromatic carbocycles. The third-order valence-corrected chi connectivity index (χ3v) is 10.8. The first kappa shape index (κ1) is 55.6. The summed E-state index contributed by atoms with van der Waals surface area (Å²) in [7, 11) is 0. The number of nitrogens with one attached hydrogen (secondary N) is 5. The first-order valence-electron chi connectivity index (χ1n) is 22.1. The monoisotopic (exact) mass is 926 g/mol. The number of ketones is 1. The minimum Gasteiger partial charge on any atom is -0.508 e. The van der Waals surface area contributed by atoms with Crippen molar-refractivity contribution in [3.8, 4) is 11.5 Å². The van der Waals surface area contributed by atoms with E-state index in [2.05, 4.69) is 36.6 Å². The zero-order valence-electron chi connectivity index (χ0n) is 38.1. The molecule has 0 bridgehead atoms. The highest BCUT2D eigenvalue weighted by Gasteiger charge is 2.35. The van der Waals surface area contributed by atoms with Gasteiger partial charge in [-0.05, 0) is 93.3 Å². The molecule has 1 unspecified atom stereocenters. The molecule has 0 saturated carbocycles. The fraction of sp³-hybridized carbons (Fsp3) is 0.545. The van der Waals surface area contributed by atoms with Crippen molar-refractivity contribution in [2.45, 2.75) is 127 Å². The maximum absolute atomic E-state index is 14.4. The van der Waals surface area contributed by atoms with E-state index in [9.17, 15) is 44.1 Å². The molecule has 0 aromatic heterocycles.